The number of halogens is 1. The summed E-state index contributed by atoms with van der Waals surface area (Å²) in [7, 11) is 0.366. The maximum Gasteiger partial charge on any atom is -0.0326 e. The molecule has 0 unspecified atom stereocenters. The van der Waals surface area contributed by atoms with Gasteiger partial charge in [-0.25, -0.2) is 0 Å². The topological polar surface area (TPSA) is 35.0 Å². The van der Waals surface area contributed by atoms with Crippen LogP contribution in [0.3, 0.4) is 0 Å². The average Bonchev–Trinajstić information content (AvgIpc) is 2.69. The number of hydrogen-bond acceptors (Lipinski definition) is 1. The van der Waals surface area contributed by atoms with Crippen molar-refractivity contribution in [3.05, 3.63) is 12.7 Å². The van der Waals surface area contributed by atoms with E-state index in [1.54, 1.807) is 24.6 Å². The van der Waals surface area contributed by atoms with Gasteiger partial charge in [0.2, 0.25) is 0 Å². The van der Waals surface area contributed by atoms with Crippen LogP contribution in [0.5, 0.6) is 0 Å². The molecule has 0 aromatic rings. The van der Waals surface area contributed by atoms with Crippen molar-refractivity contribution in [3.63, 3.8) is 0 Å². The molecule has 0 saturated carbocycles. The van der Waals surface area contributed by atoms with Gasteiger partial charge in [0.05, 0.1) is 0 Å². The number of hydrogen-bond donors (Lipinski definition) is 1. The minimum absolute atomic E-state index is 0. The zero-order valence-electron chi connectivity index (χ0n) is 21.7. The zero-order chi connectivity index (χ0) is 21.1. The molecule has 0 aliphatic rings. The molecule has 0 radical (unpaired) electrons. The molecule has 0 heterocycles. The van der Waals surface area contributed by atoms with Crippen LogP contribution in [0.15, 0.2) is 12.7 Å². The smallest absolute Gasteiger partial charge is 0.0326 e. The van der Waals surface area contributed by atoms with Gasteiger partial charge < -0.3 is 6.15 Å². The summed E-state index contributed by atoms with van der Waals surface area (Å²) >= 11 is 0. The minimum atomic E-state index is 0. The standard InChI is InChI=1S/C24H51P.C3H6.ClH.H3N/c1-4-7-10-13-16-19-22-25(23-20-17-14-11-8-5-2)24-21-18-15-12-9-6-3;1-3-2;;/h4-24H2,1-3H3;3H,1H2,2H3;1H;1H3. The third-order valence-electron chi connectivity index (χ3n) is 5.48. The number of rotatable bonds is 21. The first-order valence-corrected chi connectivity index (χ1v) is 15.0. The Bertz CT molecular complexity index is 236. The van der Waals surface area contributed by atoms with E-state index in [0.717, 1.165) is 0 Å². The van der Waals surface area contributed by atoms with E-state index in [0.29, 0.717) is 7.92 Å². The Hall–Kier alpha value is 0.420. The van der Waals surface area contributed by atoms with Gasteiger partial charge in [0.25, 0.3) is 0 Å². The first kappa shape index (κ1) is 37.7. The van der Waals surface area contributed by atoms with E-state index in [2.05, 4.69) is 27.4 Å². The van der Waals surface area contributed by atoms with Crippen LogP contribution in [0.4, 0.5) is 0 Å². The van der Waals surface area contributed by atoms with E-state index >= 15 is 0 Å². The fourth-order valence-electron chi connectivity index (χ4n) is 3.68. The van der Waals surface area contributed by atoms with E-state index in [-0.39, 0.29) is 18.6 Å². The van der Waals surface area contributed by atoms with Crippen LogP contribution in [0.2, 0.25) is 0 Å². The Kier molecular flexibility index (Phi) is 46.2. The van der Waals surface area contributed by atoms with Crippen LogP contribution in [0, 0.1) is 0 Å². The number of unbranched alkanes of at least 4 members (excludes halogenated alkanes) is 15. The molecule has 0 rings (SSSR count). The lowest BCUT2D eigenvalue weighted by molar-refractivity contribution is 0.617. The highest BCUT2D eigenvalue weighted by Crippen LogP contribution is 2.39. The average molecular weight is 466 g/mol. The second-order valence-electron chi connectivity index (χ2n) is 8.55. The third-order valence-corrected chi connectivity index (χ3v) is 8.33. The quantitative estimate of drug-likeness (QED) is 0.102. The maximum atomic E-state index is 3.36. The molecule has 0 amide bonds. The summed E-state index contributed by atoms with van der Waals surface area (Å²) in [4.78, 5) is 0. The Labute approximate surface area is 200 Å². The lowest BCUT2D eigenvalue weighted by Gasteiger charge is -2.18. The first-order chi connectivity index (χ1) is 13.8. The summed E-state index contributed by atoms with van der Waals surface area (Å²) in [6.07, 6.45) is 33.0. The van der Waals surface area contributed by atoms with Crippen molar-refractivity contribution >= 4 is 20.3 Å². The summed E-state index contributed by atoms with van der Waals surface area (Å²) in [5, 5.41) is 0. The van der Waals surface area contributed by atoms with Crippen molar-refractivity contribution in [2.24, 2.45) is 0 Å². The van der Waals surface area contributed by atoms with Gasteiger partial charge in [-0.1, -0.05) is 123 Å². The van der Waals surface area contributed by atoms with Crippen LogP contribution in [-0.2, 0) is 0 Å². The lowest BCUT2D eigenvalue weighted by atomic mass is 10.1. The molecule has 1 nitrogen and oxygen atoms in total. The fraction of sp³-hybridized carbons (Fsp3) is 0.926. The summed E-state index contributed by atoms with van der Waals surface area (Å²) in [6, 6.07) is 0. The van der Waals surface area contributed by atoms with E-state index < -0.39 is 0 Å². The van der Waals surface area contributed by atoms with Gasteiger partial charge in [-0.05, 0) is 44.7 Å². The molecular formula is C27H61ClNP. The normalized spacial score (nSPS) is 10.0. The predicted molar refractivity (Wildman–Crippen MR) is 150 cm³/mol. The van der Waals surface area contributed by atoms with E-state index in [4.69, 9.17) is 0 Å². The molecule has 0 saturated heterocycles. The highest BCUT2D eigenvalue weighted by atomic mass is 35.5. The van der Waals surface area contributed by atoms with Crippen LogP contribution in [-0.4, -0.2) is 18.5 Å². The minimum Gasteiger partial charge on any atom is -0.344 e. The first-order valence-electron chi connectivity index (χ1n) is 13.1. The van der Waals surface area contributed by atoms with Gasteiger partial charge in [0.15, 0.2) is 0 Å². The van der Waals surface area contributed by atoms with E-state index in [1.807, 2.05) is 6.92 Å². The van der Waals surface area contributed by atoms with Crippen molar-refractivity contribution < 1.29 is 0 Å². The molecule has 0 fully saturated rings. The Morgan fingerprint density at radius 1 is 0.500 bits per heavy atom. The highest BCUT2D eigenvalue weighted by molar-refractivity contribution is 7.57. The largest absolute Gasteiger partial charge is 0.344 e. The molecule has 0 atom stereocenters. The molecule has 30 heavy (non-hydrogen) atoms. The second kappa shape index (κ2) is 36.8. The zero-order valence-corrected chi connectivity index (χ0v) is 23.4. The van der Waals surface area contributed by atoms with Crippen molar-refractivity contribution in [2.75, 3.05) is 18.5 Å². The molecule has 0 bridgehead atoms. The molecule has 0 aliphatic carbocycles. The van der Waals surface area contributed by atoms with Gasteiger partial charge >= 0.3 is 0 Å². The Morgan fingerprint density at radius 2 is 0.700 bits per heavy atom. The molecule has 0 spiro atoms. The number of allylic oxidation sites excluding steroid dienone is 1. The van der Waals surface area contributed by atoms with Gasteiger partial charge in [-0.3, -0.25) is 0 Å². The van der Waals surface area contributed by atoms with Gasteiger partial charge in [0, 0.05) is 0 Å². The van der Waals surface area contributed by atoms with Crippen molar-refractivity contribution in [1.82, 2.24) is 6.15 Å². The summed E-state index contributed by atoms with van der Waals surface area (Å²) in [5.41, 5.74) is 0. The van der Waals surface area contributed by atoms with Crippen molar-refractivity contribution in [3.8, 4) is 0 Å². The fourth-order valence-corrected chi connectivity index (χ4v) is 6.37. The van der Waals surface area contributed by atoms with Gasteiger partial charge in [-0.2, -0.15) is 0 Å². The van der Waals surface area contributed by atoms with Gasteiger partial charge in [0.1, 0.15) is 0 Å². The molecule has 0 aromatic heterocycles. The molecular weight excluding hydrogens is 405 g/mol. The molecule has 0 aromatic carbocycles. The Balaban J connectivity index is -0.000000634. The highest BCUT2D eigenvalue weighted by Gasteiger charge is 2.07. The summed E-state index contributed by atoms with van der Waals surface area (Å²) < 4.78 is 0. The monoisotopic (exact) mass is 465 g/mol. The second-order valence-corrected chi connectivity index (χ2v) is 11.2. The van der Waals surface area contributed by atoms with E-state index in [1.165, 1.54) is 116 Å². The SMILES string of the molecule is C=CC.CCCCCCCCP(CCCCCCCC)CCCCCCCC.Cl.N. The van der Waals surface area contributed by atoms with Gasteiger partial charge in [-0.15, -0.1) is 26.9 Å². The van der Waals surface area contributed by atoms with Crippen LogP contribution in [0.25, 0.3) is 0 Å². The van der Waals surface area contributed by atoms with Crippen LogP contribution >= 0.6 is 20.3 Å². The lowest BCUT2D eigenvalue weighted by Crippen LogP contribution is -1.97. The molecule has 3 N–H and O–H groups in total. The van der Waals surface area contributed by atoms with E-state index in [9.17, 15) is 0 Å². The predicted octanol–water partition coefficient (Wildman–Crippen LogP) is 11.3. The van der Waals surface area contributed by atoms with Crippen LogP contribution in [0.1, 0.15) is 143 Å². The molecule has 3 heteroatoms. The maximum absolute atomic E-state index is 3.36. The summed E-state index contributed by atoms with van der Waals surface area (Å²) in [5.74, 6) is 0. The van der Waals surface area contributed by atoms with Crippen molar-refractivity contribution in [1.29, 1.82) is 0 Å². The Morgan fingerprint density at radius 3 is 0.933 bits per heavy atom. The third kappa shape index (κ3) is 35.8. The van der Waals surface area contributed by atoms with Crippen LogP contribution < -0.4 is 6.15 Å². The molecule has 186 valence electrons. The van der Waals surface area contributed by atoms with Crippen molar-refractivity contribution in [2.45, 2.75) is 143 Å². The molecule has 0 aliphatic heterocycles. The summed E-state index contributed by atoms with van der Waals surface area (Å²) in [6.45, 7) is 12.2.